The summed E-state index contributed by atoms with van der Waals surface area (Å²) >= 11 is 1.50. The number of hydrogen-bond donors (Lipinski definition) is 0. The number of nitrogens with zero attached hydrogens (tertiary/aromatic N) is 1. The molecule has 0 saturated carbocycles. The van der Waals surface area contributed by atoms with Crippen LogP contribution in [0.1, 0.15) is 23.1 Å². The van der Waals surface area contributed by atoms with Gasteiger partial charge in [-0.2, -0.15) is 0 Å². The van der Waals surface area contributed by atoms with Gasteiger partial charge >= 0.3 is 0 Å². The number of hydrogen-bond acceptors (Lipinski definition) is 3. The maximum atomic E-state index is 13.2. The maximum absolute atomic E-state index is 13.2. The molecule has 2 nitrogen and oxygen atoms in total. The van der Waals surface area contributed by atoms with Crippen LogP contribution in [0.3, 0.4) is 0 Å². The summed E-state index contributed by atoms with van der Waals surface area (Å²) in [7, 11) is 0. The van der Waals surface area contributed by atoms with Gasteiger partial charge in [-0.1, -0.05) is 0 Å². The van der Waals surface area contributed by atoms with Gasteiger partial charge in [0.15, 0.2) is 0 Å². The fourth-order valence-corrected chi connectivity index (χ4v) is 2.85. The van der Waals surface area contributed by atoms with E-state index in [4.69, 9.17) is 0 Å². The van der Waals surface area contributed by atoms with Gasteiger partial charge < -0.3 is 0 Å². The number of halogens is 1. The first-order valence-corrected chi connectivity index (χ1v) is 6.51. The highest BCUT2D eigenvalue weighted by atomic mass is 32.1. The molecule has 0 spiro atoms. The number of thiazole rings is 1. The average Bonchev–Trinajstić information content (AvgIpc) is 2.63. The second-order valence-corrected chi connectivity index (χ2v) is 5.45. The molecule has 2 aromatic rings. The summed E-state index contributed by atoms with van der Waals surface area (Å²) in [4.78, 5) is 16.6. The topological polar surface area (TPSA) is 30.0 Å². The molecule has 0 amide bonds. The van der Waals surface area contributed by atoms with Crippen LogP contribution in [0, 0.1) is 19.7 Å². The Bertz CT molecular complexity index is 604. The number of aromatic nitrogens is 1. The van der Waals surface area contributed by atoms with E-state index in [0.29, 0.717) is 12.0 Å². The molecule has 1 aromatic carbocycles. The predicted octanol–water partition coefficient (Wildman–Crippen LogP) is 3.70. The average molecular weight is 263 g/mol. The molecule has 94 valence electrons. The van der Waals surface area contributed by atoms with Crippen molar-refractivity contribution < 1.29 is 9.18 Å². The van der Waals surface area contributed by atoms with E-state index in [1.165, 1.54) is 17.4 Å². The van der Waals surface area contributed by atoms with Crippen LogP contribution in [-0.4, -0.2) is 10.8 Å². The van der Waals surface area contributed by atoms with E-state index in [-0.39, 0.29) is 11.6 Å². The van der Waals surface area contributed by atoms with Gasteiger partial charge in [0.05, 0.1) is 5.69 Å². The van der Waals surface area contributed by atoms with Gasteiger partial charge in [-0.05, 0) is 44.5 Å². The highest BCUT2D eigenvalue weighted by molar-refractivity contribution is 7.15. The lowest BCUT2D eigenvalue weighted by molar-refractivity contribution is -0.116. The summed E-state index contributed by atoms with van der Waals surface area (Å²) in [6.07, 6.45) is 0.420. The zero-order valence-corrected chi connectivity index (χ0v) is 11.4. The third-order valence-electron chi connectivity index (χ3n) is 2.71. The Hall–Kier alpha value is -1.55. The van der Waals surface area contributed by atoms with Crippen LogP contribution in [0.2, 0.25) is 0 Å². The molecule has 1 heterocycles. The number of ketones is 1. The SMILES string of the molecule is CC(=O)Cc1sc(-c2ccc(F)c(C)c2)nc1C. The van der Waals surface area contributed by atoms with Gasteiger partial charge in [0, 0.05) is 16.9 Å². The minimum atomic E-state index is -0.212. The summed E-state index contributed by atoms with van der Waals surface area (Å²) in [5.74, 6) is -0.0837. The molecular weight excluding hydrogens is 249 g/mol. The highest BCUT2D eigenvalue weighted by Gasteiger charge is 2.11. The van der Waals surface area contributed by atoms with Crippen LogP contribution in [0.25, 0.3) is 10.6 Å². The fourth-order valence-electron chi connectivity index (χ4n) is 1.72. The standard InChI is InChI=1S/C14H14FNOS/c1-8-6-11(4-5-12(8)15)14-16-10(3)13(18-14)7-9(2)17/h4-6H,7H2,1-3H3. The van der Waals surface area contributed by atoms with Crippen molar-refractivity contribution in [3.05, 3.63) is 40.2 Å². The van der Waals surface area contributed by atoms with Crippen LogP contribution in [0.5, 0.6) is 0 Å². The van der Waals surface area contributed by atoms with Crippen molar-refractivity contribution in [3.63, 3.8) is 0 Å². The van der Waals surface area contributed by atoms with Crippen molar-refractivity contribution in [2.24, 2.45) is 0 Å². The van der Waals surface area contributed by atoms with Gasteiger partial charge in [0.2, 0.25) is 0 Å². The lowest BCUT2D eigenvalue weighted by atomic mass is 10.1. The summed E-state index contributed by atoms with van der Waals surface area (Å²) in [5, 5.41) is 0.840. The van der Waals surface area contributed by atoms with E-state index in [0.717, 1.165) is 21.1 Å². The molecule has 0 N–H and O–H groups in total. The maximum Gasteiger partial charge on any atom is 0.135 e. The van der Waals surface area contributed by atoms with Crippen molar-refractivity contribution in [3.8, 4) is 10.6 Å². The Morgan fingerprint density at radius 2 is 2.11 bits per heavy atom. The lowest BCUT2D eigenvalue weighted by Crippen LogP contribution is -1.94. The third-order valence-corrected chi connectivity index (χ3v) is 3.91. The molecule has 1 aromatic heterocycles. The molecule has 18 heavy (non-hydrogen) atoms. The number of aryl methyl sites for hydroxylation is 2. The van der Waals surface area contributed by atoms with Crippen LogP contribution >= 0.6 is 11.3 Å². The fraction of sp³-hybridized carbons (Fsp3) is 0.286. The van der Waals surface area contributed by atoms with Crippen LogP contribution < -0.4 is 0 Å². The molecule has 0 aliphatic carbocycles. The summed E-state index contributed by atoms with van der Waals surface area (Å²) in [6.45, 7) is 5.20. The molecule has 0 unspecified atom stereocenters. The molecule has 0 saturated heterocycles. The number of carbonyl (C=O) groups is 1. The molecule has 0 aliphatic heterocycles. The molecule has 0 fully saturated rings. The number of carbonyl (C=O) groups excluding carboxylic acids is 1. The molecule has 0 atom stereocenters. The monoisotopic (exact) mass is 263 g/mol. The molecular formula is C14H14FNOS. The first kappa shape index (κ1) is 12.9. The Kier molecular flexibility index (Phi) is 3.57. The second-order valence-electron chi connectivity index (χ2n) is 4.37. The van der Waals surface area contributed by atoms with Crippen molar-refractivity contribution in [1.82, 2.24) is 4.98 Å². The minimum absolute atomic E-state index is 0.128. The quantitative estimate of drug-likeness (QED) is 0.845. The van der Waals surface area contributed by atoms with Gasteiger partial charge in [-0.3, -0.25) is 4.79 Å². The smallest absolute Gasteiger partial charge is 0.135 e. The second kappa shape index (κ2) is 4.98. The van der Waals surface area contributed by atoms with E-state index in [1.807, 2.05) is 6.92 Å². The predicted molar refractivity (Wildman–Crippen MR) is 71.4 cm³/mol. The molecule has 0 aliphatic rings. The van der Waals surface area contributed by atoms with Crippen LogP contribution in [0.15, 0.2) is 18.2 Å². The van der Waals surface area contributed by atoms with Crippen molar-refractivity contribution >= 4 is 17.1 Å². The van der Waals surface area contributed by atoms with Crippen molar-refractivity contribution in [1.29, 1.82) is 0 Å². The normalized spacial score (nSPS) is 10.7. The van der Waals surface area contributed by atoms with Crippen LogP contribution in [0.4, 0.5) is 4.39 Å². The van der Waals surface area contributed by atoms with E-state index in [2.05, 4.69) is 4.98 Å². The molecule has 4 heteroatoms. The van der Waals surface area contributed by atoms with Gasteiger partial charge in [0.25, 0.3) is 0 Å². The van der Waals surface area contributed by atoms with Crippen LogP contribution in [-0.2, 0) is 11.2 Å². The van der Waals surface area contributed by atoms with Gasteiger partial charge in [-0.15, -0.1) is 11.3 Å². The number of Topliss-reactive ketones (excluding diaryl/α,β-unsaturated/α-hetero) is 1. The number of rotatable bonds is 3. The van der Waals surface area contributed by atoms with Crippen molar-refractivity contribution in [2.75, 3.05) is 0 Å². The first-order valence-electron chi connectivity index (χ1n) is 5.69. The lowest BCUT2D eigenvalue weighted by Gasteiger charge is -1.99. The van der Waals surface area contributed by atoms with Crippen molar-refractivity contribution in [2.45, 2.75) is 27.2 Å². The highest BCUT2D eigenvalue weighted by Crippen LogP contribution is 2.29. The summed E-state index contributed by atoms with van der Waals surface area (Å²) in [5.41, 5.74) is 2.39. The first-order chi connectivity index (χ1) is 8.47. The Morgan fingerprint density at radius 3 is 2.72 bits per heavy atom. The molecule has 0 radical (unpaired) electrons. The van der Waals surface area contributed by atoms with E-state index >= 15 is 0 Å². The van der Waals surface area contributed by atoms with E-state index < -0.39 is 0 Å². The van der Waals surface area contributed by atoms with Gasteiger partial charge in [0.1, 0.15) is 16.6 Å². The van der Waals surface area contributed by atoms with Gasteiger partial charge in [-0.25, -0.2) is 9.37 Å². The largest absolute Gasteiger partial charge is 0.300 e. The third kappa shape index (κ3) is 2.64. The molecule has 0 bridgehead atoms. The molecule has 2 rings (SSSR count). The zero-order valence-electron chi connectivity index (χ0n) is 10.6. The Balaban J connectivity index is 2.39. The summed E-state index contributed by atoms with van der Waals surface area (Å²) < 4.78 is 13.2. The van der Waals surface area contributed by atoms with E-state index in [9.17, 15) is 9.18 Å². The Morgan fingerprint density at radius 1 is 1.39 bits per heavy atom. The zero-order chi connectivity index (χ0) is 13.3. The number of benzene rings is 1. The Labute approximate surface area is 110 Å². The minimum Gasteiger partial charge on any atom is -0.300 e. The summed E-state index contributed by atoms with van der Waals surface area (Å²) in [6, 6.07) is 4.95. The van der Waals surface area contributed by atoms with E-state index in [1.54, 1.807) is 26.0 Å².